The number of nitriles is 1. The minimum absolute atomic E-state index is 0.426. The van der Waals surface area contributed by atoms with Gasteiger partial charge in [-0.15, -0.1) is 5.10 Å². The number of benzene rings is 1. The summed E-state index contributed by atoms with van der Waals surface area (Å²) in [6, 6.07) is 13.0. The fourth-order valence-corrected chi connectivity index (χ4v) is 1.70. The smallest absolute Gasteiger partial charge is 0.233 e. The first-order chi connectivity index (χ1) is 9.28. The van der Waals surface area contributed by atoms with Crippen LogP contribution in [-0.2, 0) is 0 Å². The van der Waals surface area contributed by atoms with Gasteiger partial charge in [-0.3, -0.25) is 0 Å². The third-order valence-corrected chi connectivity index (χ3v) is 2.74. The van der Waals surface area contributed by atoms with E-state index in [1.807, 2.05) is 24.3 Å². The second kappa shape index (κ2) is 5.83. The van der Waals surface area contributed by atoms with Gasteiger partial charge in [0.1, 0.15) is 11.7 Å². The van der Waals surface area contributed by atoms with E-state index in [4.69, 9.17) is 9.47 Å². The maximum absolute atomic E-state index is 9.31. The Hall–Kier alpha value is -2.61. The summed E-state index contributed by atoms with van der Waals surface area (Å²) in [5.74, 6) is 0.723. The zero-order chi connectivity index (χ0) is 13.7. The first kappa shape index (κ1) is 12.8. The Labute approximate surface area is 111 Å². The Morgan fingerprint density at radius 1 is 1.00 bits per heavy atom. The Morgan fingerprint density at radius 2 is 1.74 bits per heavy atom. The van der Waals surface area contributed by atoms with Gasteiger partial charge in [0.15, 0.2) is 0 Å². The molecule has 2 rings (SSSR count). The molecule has 96 valence electrons. The molecule has 0 aliphatic heterocycles. The number of aromatic nitrogens is 2. The van der Waals surface area contributed by atoms with Crippen molar-refractivity contribution >= 4 is 0 Å². The number of ether oxygens (including phenoxy) is 2. The Kier molecular flexibility index (Phi) is 3.94. The largest absolute Gasteiger partial charge is 0.497 e. The van der Waals surface area contributed by atoms with E-state index >= 15 is 0 Å². The van der Waals surface area contributed by atoms with Crippen molar-refractivity contribution in [3.05, 3.63) is 47.7 Å². The van der Waals surface area contributed by atoms with Crippen molar-refractivity contribution in [2.24, 2.45) is 0 Å². The second-order valence-electron chi connectivity index (χ2n) is 3.84. The lowest BCUT2D eigenvalue weighted by molar-refractivity contribution is 0.391. The topological polar surface area (TPSA) is 68.0 Å². The molecular formula is C14H13N3O2. The highest BCUT2D eigenvalue weighted by Crippen LogP contribution is 2.24. The van der Waals surface area contributed by atoms with Crippen LogP contribution in [0.3, 0.4) is 0 Å². The van der Waals surface area contributed by atoms with Gasteiger partial charge < -0.3 is 9.47 Å². The first-order valence-corrected chi connectivity index (χ1v) is 5.69. The third-order valence-electron chi connectivity index (χ3n) is 2.74. The summed E-state index contributed by atoms with van der Waals surface area (Å²) in [5.41, 5.74) is 1.44. The molecule has 0 spiro atoms. The van der Waals surface area contributed by atoms with Gasteiger partial charge in [0.05, 0.1) is 26.0 Å². The van der Waals surface area contributed by atoms with Crippen LogP contribution in [0.15, 0.2) is 36.4 Å². The highest BCUT2D eigenvalue weighted by atomic mass is 16.5. The van der Waals surface area contributed by atoms with Crippen molar-refractivity contribution in [1.29, 1.82) is 5.26 Å². The lowest BCUT2D eigenvalue weighted by Crippen LogP contribution is -2.03. The fraction of sp³-hybridized carbons (Fsp3) is 0.214. The summed E-state index contributed by atoms with van der Waals surface area (Å²) in [6.45, 7) is 0. The van der Waals surface area contributed by atoms with Crippen LogP contribution in [0.5, 0.6) is 11.6 Å². The number of hydrogen-bond acceptors (Lipinski definition) is 5. The van der Waals surface area contributed by atoms with Crippen LogP contribution < -0.4 is 9.47 Å². The van der Waals surface area contributed by atoms with E-state index in [2.05, 4.69) is 16.3 Å². The van der Waals surface area contributed by atoms with Crippen LogP contribution >= 0.6 is 0 Å². The molecule has 5 nitrogen and oxygen atoms in total. The van der Waals surface area contributed by atoms with Gasteiger partial charge in [-0.1, -0.05) is 12.1 Å². The Balaban J connectivity index is 2.30. The van der Waals surface area contributed by atoms with Crippen molar-refractivity contribution in [1.82, 2.24) is 10.2 Å². The van der Waals surface area contributed by atoms with Crippen molar-refractivity contribution in [2.75, 3.05) is 14.2 Å². The summed E-state index contributed by atoms with van der Waals surface area (Å²) < 4.78 is 10.0. The monoisotopic (exact) mass is 255 g/mol. The number of rotatable bonds is 4. The van der Waals surface area contributed by atoms with Crippen molar-refractivity contribution in [3.63, 3.8) is 0 Å². The molecule has 2 aromatic rings. The van der Waals surface area contributed by atoms with E-state index in [1.165, 1.54) is 7.11 Å². The van der Waals surface area contributed by atoms with Crippen LogP contribution in [0.2, 0.25) is 0 Å². The molecule has 0 bridgehead atoms. The third kappa shape index (κ3) is 2.80. The van der Waals surface area contributed by atoms with Crippen molar-refractivity contribution in [2.45, 2.75) is 5.92 Å². The molecule has 0 amide bonds. The lowest BCUT2D eigenvalue weighted by Gasteiger charge is -2.09. The molecule has 0 aliphatic rings. The molecule has 1 aromatic heterocycles. The van der Waals surface area contributed by atoms with E-state index in [1.54, 1.807) is 19.2 Å². The molecule has 19 heavy (non-hydrogen) atoms. The number of hydrogen-bond donors (Lipinski definition) is 0. The van der Waals surface area contributed by atoms with Crippen molar-refractivity contribution < 1.29 is 9.47 Å². The fourth-order valence-electron chi connectivity index (χ4n) is 1.70. The number of methoxy groups -OCH3 is 2. The summed E-state index contributed by atoms with van der Waals surface area (Å²) in [6.07, 6.45) is 0. The molecule has 1 aromatic carbocycles. The van der Waals surface area contributed by atoms with Crippen LogP contribution in [-0.4, -0.2) is 24.4 Å². The maximum Gasteiger partial charge on any atom is 0.233 e. The summed E-state index contributed by atoms with van der Waals surface area (Å²) >= 11 is 0. The van der Waals surface area contributed by atoms with Gasteiger partial charge in [-0.2, -0.15) is 10.4 Å². The normalized spacial score (nSPS) is 11.4. The van der Waals surface area contributed by atoms with E-state index in [9.17, 15) is 5.26 Å². The van der Waals surface area contributed by atoms with Gasteiger partial charge in [0, 0.05) is 6.07 Å². The summed E-state index contributed by atoms with van der Waals surface area (Å²) in [5, 5.41) is 17.2. The first-order valence-electron chi connectivity index (χ1n) is 5.69. The SMILES string of the molecule is COc1ccc(C(C#N)c2ccc(OC)nn2)cc1. The summed E-state index contributed by atoms with van der Waals surface area (Å²) in [4.78, 5) is 0. The number of nitrogens with zero attached hydrogens (tertiary/aromatic N) is 3. The highest BCUT2D eigenvalue weighted by molar-refractivity contribution is 5.37. The van der Waals surface area contributed by atoms with E-state index in [0.717, 1.165) is 11.3 Å². The molecule has 0 saturated carbocycles. The highest BCUT2D eigenvalue weighted by Gasteiger charge is 2.15. The predicted molar refractivity (Wildman–Crippen MR) is 69.0 cm³/mol. The molecule has 5 heteroatoms. The predicted octanol–water partition coefficient (Wildman–Crippen LogP) is 2.15. The summed E-state index contributed by atoms with van der Waals surface area (Å²) in [7, 11) is 3.13. The van der Waals surface area contributed by atoms with E-state index in [-0.39, 0.29) is 0 Å². The van der Waals surface area contributed by atoms with Crippen molar-refractivity contribution in [3.8, 4) is 17.7 Å². The molecule has 0 N–H and O–H groups in total. The molecule has 0 aliphatic carbocycles. The molecule has 1 heterocycles. The molecule has 1 unspecified atom stereocenters. The molecule has 1 atom stereocenters. The average Bonchev–Trinajstić information content (AvgIpc) is 2.49. The van der Waals surface area contributed by atoms with Gasteiger partial charge in [-0.25, -0.2) is 0 Å². The zero-order valence-electron chi connectivity index (χ0n) is 10.7. The van der Waals surface area contributed by atoms with Gasteiger partial charge in [0.25, 0.3) is 0 Å². The minimum atomic E-state index is -0.454. The van der Waals surface area contributed by atoms with Gasteiger partial charge >= 0.3 is 0 Å². The van der Waals surface area contributed by atoms with Crippen LogP contribution in [0, 0.1) is 11.3 Å². The quantitative estimate of drug-likeness (QED) is 0.837. The molecular weight excluding hydrogens is 242 g/mol. The molecule has 0 radical (unpaired) electrons. The standard InChI is InChI=1S/C14H13N3O2/c1-18-11-5-3-10(4-6-11)12(9-15)13-7-8-14(19-2)17-16-13/h3-8,12H,1-2H3. The lowest BCUT2D eigenvalue weighted by atomic mass is 9.97. The second-order valence-corrected chi connectivity index (χ2v) is 3.84. The van der Waals surface area contributed by atoms with E-state index in [0.29, 0.717) is 11.6 Å². The van der Waals surface area contributed by atoms with Gasteiger partial charge in [-0.05, 0) is 23.8 Å². The zero-order valence-corrected chi connectivity index (χ0v) is 10.7. The molecule has 0 saturated heterocycles. The molecule has 0 fully saturated rings. The minimum Gasteiger partial charge on any atom is -0.497 e. The Bertz CT molecular complexity index is 526. The Morgan fingerprint density at radius 3 is 2.21 bits per heavy atom. The van der Waals surface area contributed by atoms with Crippen LogP contribution in [0.25, 0.3) is 0 Å². The van der Waals surface area contributed by atoms with Gasteiger partial charge in [0.2, 0.25) is 5.88 Å². The van der Waals surface area contributed by atoms with Crippen LogP contribution in [0.4, 0.5) is 0 Å². The average molecular weight is 255 g/mol. The van der Waals surface area contributed by atoms with Crippen LogP contribution in [0.1, 0.15) is 17.2 Å². The maximum atomic E-state index is 9.31. The van der Waals surface area contributed by atoms with E-state index < -0.39 is 5.92 Å².